The van der Waals surface area contributed by atoms with E-state index in [1.54, 1.807) is 0 Å². The summed E-state index contributed by atoms with van der Waals surface area (Å²) in [7, 11) is 0. The summed E-state index contributed by atoms with van der Waals surface area (Å²) in [6.07, 6.45) is 0. The third-order valence-corrected chi connectivity index (χ3v) is 4.36. The van der Waals surface area contributed by atoms with E-state index in [1.165, 1.54) is 11.1 Å². The number of nitrogens with one attached hydrogen (secondary N) is 1. The molecule has 19 heavy (non-hydrogen) atoms. The summed E-state index contributed by atoms with van der Waals surface area (Å²) >= 11 is 6.16. The number of hydrogen-bond acceptors (Lipinski definition) is 2. The first-order chi connectivity index (χ1) is 9.33. The minimum absolute atomic E-state index is 0.442. The van der Waals surface area contributed by atoms with Crippen LogP contribution >= 0.6 is 11.6 Å². The monoisotopic (exact) mass is 271 g/mol. The van der Waals surface area contributed by atoms with Crippen molar-refractivity contribution < 1.29 is 4.74 Å². The van der Waals surface area contributed by atoms with Crippen molar-refractivity contribution in [3.63, 3.8) is 0 Å². The van der Waals surface area contributed by atoms with E-state index in [-0.39, 0.29) is 0 Å². The largest absolute Gasteiger partial charge is 0.457 e. The first-order valence-corrected chi connectivity index (χ1v) is 6.97. The van der Waals surface area contributed by atoms with Crippen molar-refractivity contribution in [3.8, 4) is 11.5 Å². The Morgan fingerprint density at radius 2 is 1.68 bits per heavy atom. The lowest BCUT2D eigenvalue weighted by atomic mass is 9.84. The summed E-state index contributed by atoms with van der Waals surface area (Å²) in [5, 5.41) is 4.27. The predicted octanol–water partition coefficient (Wildman–Crippen LogP) is 3.92. The van der Waals surface area contributed by atoms with Crippen LogP contribution in [0.25, 0.3) is 0 Å². The number of ether oxygens (including phenoxy) is 1. The van der Waals surface area contributed by atoms with Gasteiger partial charge in [-0.3, -0.25) is 0 Å². The Balaban J connectivity index is 1.94. The third-order valence-electron chi connectivity index (χ3n) is 4.12. The van der Waals surface area contributed by atoms with E-state index in [0.29, 0.717) is 11.8 Å². The van der Waals surface area contributed by atoms with Crippen LogP contribution in [0.4, 0.5) is 0 Å². The Labute approximate surface area is 117 Å². The van der Waals surface area contributed by atoms with Gasteiger partial charge in [0.2, 0.25) is 0 Å². The van der Waals surface area contributed by atoms with Gasteiger partial charge in [0, 0.05) is 35.5 Å². The third kappa shape index (κ3) is 1.75. The van der Waals surface area contributed by atoms with Crippen molar-refractivity contribution in [3.05, 3.63) is 58.6 Å². The molecule has 2 nitrogen and oxygen atoms in total. The number of hydrogen-bond donors (Lipinski definition) is 1. The summed E-state index contributed by atoms with van der Waals surface area (Å²) in [6.45, 7) is 1.98. The SMILES string of the molecule is Clc1ccc2c(c1)[C@H]1CNC[C@H]1c1ccccc1O2. The van der Waals surface area contributed by atoms with Crippen molar-refractivity contribution in [1.29, 1.82) is 0 Å². The van der Waals surface area contributed by atoms with Crippen molar-refractivity contribution in [2.45, 2.75) is 11.8 Å². The van der Waals surface area contributed by atoms with Gasteiger partial charge < -0.3 is 10.1 Å². The van der Waals surface area contributed by atoms with Crippen LogP contribution in [0.5, 0.6) is 11.5 Å². The van der Waals surface area contributed by atoms with Crippen LogP contribution in [0.3, 0.4) is 0 Å². The Hall–Kier alpha value is -1.51. The Bertz CT molecular complexity index is 640. The van der Waals surface area contributed by atoms with Gasteiger partial charge in [0.25, 0.3) is 0 Å². The van der Waals surface area contributed by atoms with Gasteiger partial charge in [-0.2, -0.15) is 0 Å². The summed E-state index contributed by atoms with van der Waals surface area (Å²) < 4.78 is 6.11. The van der Waals surface area contributed by atoms with Crippen LogP contribution in [0.2, 0.25) is 5.02 Å². The van der Waals surface area contributed by atoms with Crippen LogP contribution in [0, 0.1) is 0 Å². The average molecular weight is 272 g/mol. The number of benzene rings is 2. The molecule has 0 unspecified atom stereocenters. The molecule has 0 amide bonds. The quantitative estimate of drug-likeness (QED) is 0.784. The molecule has 96 valence electrons. The zero-order valence-electron chi connectivity index (χ0n) is 10.4. The van der Waals surface area contributed by atoms with Gasteiger partial charge in [-0.05, 0) is 29.8 Å². The number of para-hydroxylation sites is 1. The van der Waals surface area contributed by atoms with Crippen LogP contribution in [-0.4, -0.2) is 13.1 Å². The second-order valence-electron chi connectivity index (χ2n) is 5.19. The summed E-state index contributed by atoms with van der Waals surface area (Å²) in [5.41, 5.74) is 2.52. The van der Waals surface area contributed by atoms with Gasteiger partial charge in [0.05, 0.1) is 0 Å². The zero-order valence-corrected chi connectivity index (χ0v) is 11.2. The Morgan fingerprint density at radius 3 is 2.58 bits per heavy atom. The standard InChI is InChI=1S/C16H14ClNO/c17-10-5-6-16-12(7-10)14-9-18-8-13(14)11-3-1-2-4-15(11)19-16/h1-7,13-14,18H,8-9H2/t13-,14+/m0/s1. The van der Waals surface area contributed by atoms with Crippen LogP contribution in [0.1, 0.15) is 23.0 Å². The number of halogens is 1. The van der Waals surface area contributed by atoms with E-state index in [0.717, 1.165) is 29.6 Å². The molecule has 0 bridgehead atoms. The van der Waals surface area contributed by atoms with E-state index < -0.39 is 0 Å². The fourth-order valence-corrected chi connectivity index (χ4v) is 3.41. The summed E-state index contributed by atoms with van der Waals surface area (Å²) in [6, 6.07) is 14.3. The number of fused-ring (bicyclic) bond motifs is 5. The van der Waals surface area contributed by atoms with E-state index in [2.05, 4.69) is 23.5 Å². The molecule has 2 atom stereocenters. The minimum atomic E-state index is 0.442. The van der Waals surface area contributed by atoms with E-state index in [4.69, 9.17) is 16.3 Å². The fourth-order valence-electron chi connectivity index (χ4n) is 3.23. The Kier molecular flexibility index (Phi) is 2.54. The number of rotatable bonds is 0. The Morgan fingerprint density at radius 1 is 0.947 bits per heavy atom. The molecule has 0 spiro atoms. The topological polar surface area (TPSA) is 21.3 Å². The molecule has 2 aromatic carbocycles. The second kappa shape index (κ2) is 4.26. The van der Waals surface area contributed by atoms with Gasteiger partial charge in [0.15, 0.2) is 0 Å². The highest BCUT2D eigenvalue weighted by atomic mass is 35.5. The van der Waals surface area contributed by atoms with Crippen molar-refractivity contribution >= 4 is 11.6 Å². The molecule has 0 aromatic heterocycles. The molecule has 2 heterocycles. The molecule has 2 aliphatic rings. The molecule has 4 rings (SSSR count). The molecule has 1 fully saturated rings. The van der Waals surface area contributed by atoms with Gasteiger partial charge in [-0.25, -0.2) is 0 Å². The normalized spacial score (nSPS) is 23.8. The lowest BCUT2D eigenvalue weighted by Gasteiger charge is -2.17. The van der Waals surface area contributed by atoms with Crippen LogP contribution < -0.4 is 10.1 Å². The molecule has 2 aliphatic heterocycles. The second-order valence-corrected chi connectivity index (χ2v) is 5.63. The fraction of sp³-hybridized carbons (Fsp3) is 0.250. The molecule has 0 radical (unpaired) electrons. The molecule has 2 aromatic rings. The van der Waals surface area contributed by atoms with E-state index in [1.807, 2.05) is 24.3 Å². The summed E-state index contributed by atoms with van der Waals surface area (Å²) in [5.74, 6) is 2.82. The highest BCUT2D eigenvalue weighted by molar-refractivity contribution is 6.30. The van der Waals surface area contributed by atoms with Gasteiger partial charge >= 0.3 is 0 Å². The maximum absolute atomic E-state index is 6.16. The zero-order chi connectivity index (χ0) is 12.8. The lowest BCUT2D eigenvalue weighted by molar-refractivity contribution is 0.476. The van der Waals surface area contributed by atoms with Crippen LogP contribution in [-0.2, 0) is 0 Å². The molecular formula is C16H14ClNO. The van der Waals surface area contributed by atoms with Gasteiger partial charge in [-0.1, -0.05) is 29.8 Å². The van der Waals surface area contributed by atoms with Crippen molar-refractivity contribution in [1.82, 2.24) is 5.32 Å². The van der Waals surface area contributed by atoms with Crippen LogP contribution in [0.15, 0.2) is 42.5 Å². The molecule has 0 saturated carbocycles. The van der Waals surface area contributed by atoms with Gasteiger partial charge in [0.1, 0.15) is 11.5 Å². The maximum Gasteiger partial charge on any atom is 0.131 e. The highest BCUT2D eigenvalue weighted by Gasteiger charge is 2.35. The highest BCUT2D eigenvalue weighted by Crippen LogP contribution is 2.48. The lowest BCUT2D eigenvalue weighted by Crippen LogP contribution is -2.08. The van der Waals surface area contributed by atoms with Gasteiger partial charge in [-0.15, -0.1) is 0 Å². The van der Waals surface area contributed by atoms with E-state index >= 15 is 0 Å². The predicted molar refractivity (Wildman–Crippen MR) is 76.3 cm³/mol. The molecule has 1 N–H and O–H groups in total. The molecule has 0 aliphatic carbocycles. The first kappa shape index (κ1) is 11.3. The molecular weight excluding hydrogens is 258 g/mol. The van der Waals surface area contributed by atoms with E-state index in [9.17, 15) is 0 Å². The summed E-state index contributed by atoms with van der Waals surface area (Å²) in [4.78, 5) is 0. The molecule has 3 heteroatoms. The maximum atomic E-state index is 6.16. The smallest absolute Gasteiger partial charge is 0.131 e. The van der Waals surface area contributed by atoms with Crippen molar-refractivity contribution in [2.24, 2.45) is 0 Å². The average Bonchev–Trinajstić information content (AvgIpc) is 2.86. The van der Waals surface area contributed by atoms with Crippen molar-refractivity contribution in [2.75, 3.05) is 13.1 Å². The molecule has 1 saturated heterocycles. The first-order valence-electron chi connectivity index (χ1n) is 6.60. The minimum Gasteiger partial charge on any atom is -0.457 e.